The third-order valence-electron chi connectivity index (χ3n) is 5.55. The summed E-state index contributed by atoms with van der Waals surface area (Å²) in [5, 5.41) is 7.07. The average molecular weight is 495 g/mol. The van der Waals surface area contributed by atoms with E-state index in [-0.39, 0.29) is 35.6 Å². The van der Waals surface area contributed by atoms with Crippen LogP contribution in [0.25, 0.3) is 0 Å². The number of benzene rings is 1. The van der Waals surface area contributed by atoms with Crippen molar-refractivity contribution in [1.29, 1.82) is 0 Å². The number of hydrogen-bond donors (Lipinski definition) is 2. The van der Waals surface area contributed by atoms with Gasteiger partial charge in [0, 0.05) is 37.5 Å². The smallest absolute Gasteiger partial charge is 0.191 e. The molecule has 0 amide bonds. The van der Waals surface area contributed by atoms with Crippen LogP contribution in [0.4, 0.5) is 0 Å². The van der Waals surface area contributed by atoms with Gasteiger partial charge in [0.1, 0.15) is 11.4 Å². The zero-order valence-electron chi connectivity index (χ0n) is 16.4. The van der Waals surface area contributed by atoms with Crippen LogP contribution in [0.3, 0.4) is 0 Å². The summed E-state index contributed by atoms with van der Waals surface area (Å²) in [7, 11) is 0. The second-order valence-electron chi connectivity index (χ2n) is 7.49. The van der Waals surface area contributed by atoms with Crippen molar-refractivity contribution >= 4 is 29.9 Å². The number of guanidine groups is 1. The van der Waals surface area contributed by atoms with Crippen molar-refractivity contribution in [3.05, 3.63) is 48.5 Å². The van der Waals surface area contributed by atoms with E-state index in [0.29, 0.717) is 6.54 Å². The third-order valence-corrected chi connectivity index (χ3v) is 5.55. The molecule has 2 N–H and O–H groups in total. The van der Waals surface area contributed by atoms with Crippen molar-refractivity contribution in [1.82, 2.24) is 20.2 Å². The van der Waals surface area contributed by atoms with E-state index >= 15 is 0 Å². The van der Waals surface area contributed by atoms with Crippen LogP contribution in [0.15, 0.2) is 48.0 Å². The molecular formula is C21H30IN5O. The van der Waals surface area contributed by atoms with Gasteiger partial charge < -0.3 is 19.9 Å². The number of hydrogen-bond acceptors (Lipinski definition) is 3. The van der Waals surface area contributed by atoms with E-state index in [1.54, 1.807) is 6.20 Å². The minimum atomic E-state index is -0.0137. The lowest BCUT2D eigenvalue weighted by molar-refractivity contribution is 0.0396. The molecule has 1 unspecified atom stereocenters. The van der Waals surface area contributed by atoms with Crippen molar-refractivity contribution in [2.45, 2.75) is 57.2 Å². The SMILES string of the molecule is CCNC(=NCCn1ccnc1)NC1CC2(CCCC2)Oc2ccccc21.I. The molecule has 6 nitrogen and oxygen atoms in total. The quantitative estimate of drug-likeness (QED) is 0.376. The lowest BCUT2D eigenvalue weighted by Crippen LogP contribution is -2.46. The molecule has 0 bridgehead atoms. The molecule has 0 saturated heterocycles. The van der Waals surface area contributed by atoms with Gasteiger partial charge in [-0.15, -0.1) is 24.0 Å². The lowest BCUT2D eigenvalue weighted by Gasteiger charge is -2.40. The molecule has 28 heavy (non-hydrogen) atoms. The van der Waals surface area contributed by atoms with Crippen LogP contribution < -0.4 is 15.4 Å². The van der Waals surface area contributed by atoms with E-state index in [2.05, 4.69) is 46.8 Å². The second kappa shape index (κ2) is 9.62. The van der Waals surface area contributed by atoms with Crippen LogP contribution in [0, 0.1) is 0 Å². The highest BCUT2D eigenvalue weighted by atomic mass is 127. The number of nitrogens with zero attached hydrogens (tertiary/aromatic N) is 3. The van der Waals surface area contributed by atoms with Crippen LogP contribution in [0.2, 0.25) is 0 Å². The Hall–Kier alpha value is -1.77. The molecule has 7 heteroatoms. The van der Waals surface area contributed by atoms with Gasteiger partial charge in [-0.25, -0.2) is 4.98 Å². The van der Waals surface area contributed by atoms with E-state index < -0.39 is 0 Å². The van der Waals surface area contributed by atoms with Crippen LogP contribution in [0.5, 0.6) is 5.75 Å². The number of para-hydroxylation sites is 1. The molecule has 2 heterocycles. The zero-order chi connectivity index (χ0) is 18.5. The first-order chi connectivity index (χ1) is 13.3. The molecule has 4 rings (SSSR count). The highest BCUT2D eigenvalue weighted by molar-refractivity contribution is 14.0. The Kier molecular flexibility index (Phi) is 7.20. The fourth-order valence-electron chi connectivity index (χ4n) is 4.25. The molecule has 1 atom stereocenters. The molecule has 2 aromatic rings. The van der Waals surface area contributed by atoms with Crippen molar-refractivity contribution in [2.24, 2.45) is 4.99 Å². The number of nitrogens with one attached hydrogen (secondary N) is 2. The summed E-state index contributed by atoms with van der Waals surface area (Å²) >= 11 is 0. The Labute approximate surface area is 184 Å². The summed E-state index contributed by atoms with van der Waals surface area (Å²) in [6, 6.07) is 8.65. The summed E-state index contributed by atoms with van der Waals surface area (Å²) in [4.78, 5) is 8.86. The Bertz CT molecular complexity index is 771. The van der Waals surface area contributed by atoms with Gasteiger partial charge in [0.05, 0.1) is 18.9 Å². The summed E-state index contributed by atoms with van der Waals surface area (Å²) in [5.74, 6) is 1.89. The van der Waals surface area contributed by atoms with Crippen molar-refractivity contribution in [2.75, 3.05) is 13.1 Å². The summed E-state index contributed by atoms with van der Waals surface area (Å²) in [6.45, 7) is 4.48. The van der Waals surface area contributed by atoms with Crippen LogP contribution in [0.1, 0.15) is 50.6 Å². The maximum atomic E-state index is 6.47. The fraction of sp³-hybridized carbons (Fsp3) is 0.524. The topological polar surface area (TPSA) is 63.5 Å². The van der Waals surface area contributed by atoms with E-state index in [0.717, 1.165) is 44.1 Å². The molecule has 1 aromatic carbocycles. The Morgan fingerprint density at radius 2 is 2.14 bits per heavy atom. The highest BCUT2D eigenvalue weighted by Gasteiger charge is 2.43. The molecular weight excluding hydrogens is 465 g/mol. The largest absolute Gasteiger partial charge is 0.487 e. The molecule has 1 aliphatic carbocycles. The summed E-state index contributed by atoms with van der Waals surface area (Å²) in [5.41, 5.74) is 1.22. The molecule has 1 aromatic heterocycles. The molecule has 2 aliphatic rings. The predicted octanol–water partition coefficient (Wildman–Crippen LogP) is 3.89. The minimum absolute atomic E-state index is 0. The molecule has 0 radical (unpaired) electrons. The first-order valence-corrected chi connectivity index (χ1v) is 10.1. The van der Waals surface area contributed by atoms with Gasteiger partial charge in [0.25, 0.3) is 0 Å². The van der Waals surface area contributed by atoms with Gasteiger partial charge in [-0.3, -0.25) is 4.99 Å². The molecule has 1 saturated carbocycles. The summed E-state index contributed by atoms with van der Waals surface area (Å²) < 4.78 is 8.52. The molecule has 1 fully saturated rings. The fourth-order valence-corrected chi connectivity index (χ4v) is 4.25. The van der Waals surface area contributed by atoms with Gasteiger partial charge in [-0.1, -0.05) is 18.2 Å². The third kappa shape index (κ3) is 4.79. The Balaban J connectivity index is 0.00000225. The van der Waals surface area contributed by atoms with Crippen molar-refractivity contribution < 1.29 is 4.74 Å². The second-order valence-corrected chi connectivity index (χ2v) is 7.49. The van der Waals surface area contributed by atoms with Crippen LogP contribution >= 0.6 is 24.0 Å². The van der Waals surface area contributed by atoms with E-state index in [1.165, 1.54) is 18.4 Å². The zero-order valence-corrected chi connectivity index (χ0v) is 18.8. The number of ether oxygens (including phenoxy) is 1. The molecule has 1 spiro atoms. The van der Waals surface area contributed by atoms with E-state index in [9.17, 15) is 0 Å². The number of aliphatic imine (C=N–C) groups is 1. The number of imidazole rings is 1. The highest BCUT2D eigenvalue weighted by Crippen LogP contribution is 2.46. The monoisotopic (exact) mass is 495 g/mol. The summed E-state index contributed by atoms with van der Waals surface area (Å²) in [6.07, 6.45) is 11.4. The standard InChI is InChI=1S/C21H29N5O.HI/c1-2-23-20(24-12-14-26-13-11-22-16-26)25-18-15-21(9-5-6-10-21)27-19-8-4-3-7-17(18)19;/h3-4,7-8,11,13,16,18H,2,5-6,9-10,12,14-15H2,1H3,(H2,23,24,25);1H. The average Bonchev–Trinajstić information content (AvgIpc) is 3.34. The minimum Gasteiger partial charge on any atom is -0.487 e. The lowest BCUT2D eigenvalue weighted by atomic mass is 9.86. The Morgan fingerprint density at radius 1 is 1.32 bits per heavy atom. The van der Waals surface area contributed by atoms with Gasteiger partial charge in [0.2, 0.25) is 0 Å². The maximum Gasteiger partial charge on any atom is 0.191 e. The van der Waals surface area contributed by atoms with Crippen molar-refractivity contribution in [3.63, 3.8) is 0 Å². The molecule has 152 valence electrons. The normalized spacial score (nSPS) is 20.2. The number of fused-ring (bicyclic) bond motifs is 1. The number of halogens is 1. The molecule has 1 aliphatic heterocycles. The maximum absolute atomic E-state index is 6.47. The first kappa shape index (κ1) is 21.0. The van der Waals surface area contributed by atoms with Crippen LogP contribution in [-0.2, 0) is 6.54 Å². The van der Waals surface area contributed by atoms with Gasteiger partial charge in [-0.2, -0.15) is 0 Å². The van der Waals surface area contributed by atoms with Gasteiger partial charge in [0.15, 0.2) is 5.96 Å². The number of aromatic nitrogens is 2. The van der Waals surface area contributed by atoms with Gasteiger partial charge >= 0.3 is 0 Å². The first-order valence-electron chi connectivity index (χ1n) is 10.1. The van der Waals surface area contributed by atoms with E-state index in [1.807, 2.05) is 17.1 Å². The van der Waals surface area contributed by atoms with Crippen molar-refractivity contribution in [3.8, 4) is 5.75 Å². The van der Waals surface area contributed by atoms with Crippen LogP contribution in [-0.4, -0.2) is 34.2 Å². The number of rotatable bonds is 5. The Morgan fingerprint density at radius 3 is 2.89 bits per heavy atom. The predicted molar refractivity (Wildman–Crippen MR) is 122 cm³/mol. The van der Waals surface area contributed by atoms with E-state index in [4.69, 9.17) is 9.73 Å². The van der Waals surface area contributed by atoms with Gasteiger partial charge in [-0.05, 0) is 38.7 Å².